The maximum Gasteiger partial charge on any atom is 0.243 e. The molecule has 6 heteroatoms. The van der Waals surface area contributed by atoms with Crippen molar-refractivity contribution in [2.24, 2.45) is 5.73 Å². The highest BCUT2D eigenvalue weighted by molar-refractivity contribution is 9.10. The summed E-state index contributed by atoms with van der Waals surface area (Å²) in [6.07, 6.45) is 1.73. The summed E-state index contributed by atoms with van der Waals surface area (Å²) in [5.41, 5.74) is 5.81. The fourth-order valence-electron chi connectivity index (χ4n) is 1.95. The Morgan fingerprint density at radius 1 is 1.29 bits per heavy atom. The van der Waals surface area contributed by atoms with Crippen molar-refractivity contribution in [1.82, 2.24) is 4.31 Å². The van der Waals surface area contributed by atoms with E-state index in [9.17, 15) is 8.42 Å². The van der Waals surface area contributed by atoms with Crippen LogP contribution in [0.5, 0.6) is 0 Å². The Morgan fingerprint density at radius 2 is 1.94 bits per heavy atom. The standard InChI is InChI=1S/C11H15BrN2O2S/c12-9-3-5-11(6-4-9)17(15,16)14-7-1-2-10(13)8-14/h3-6,10H,1-2,7-8,13H2/t10-/m1/s1. The molecule has 2 rings (SSSR count). The summed E-state index contributed by atoms with van der Waals surface area (Å²) in [6.45, 7) is 0.977. The molecule has 0 aliphatic carbocycles. The van der Waals surface area contributed by atoms with Crippen molar-refractivity contribution in [2.45, 2.75) is 23.8 Å². The molecule has 94 valence electrons. The fourth-order valence-corrected chi connectivity index (χ4v) is 3.75. The first-order chi connectivity index (χ1) is 8.00. The van der Waals surface area contributed by atoms with Crippen molar-refractivity contribution < 1.29 is 8.42 Å². The molecule has 0 aromatic heterocycles. The van der Waals surface area contributed by atoms with Gasteiger partial charge < -0.3 is 5.73 Å². The third-order valence-corrected chi connectivity index (χ3v) is 5.28. The fraction of sp³-hybridized carbons (Fsp3) is 0.455. The molecular weight excluding hydrogens is 304 g/mol. The van der Waals surface area contributed by atoms with Crippen molar-refractivity contribution >= 4 is 26.0 Å². The van der Waals surface area contributed by atoms with E-state index in [-0.39, 0.29) is 6.04 Å². The number of benzene rings is 1. The first kappa shape index (κ1) is 13.0. The molecule has 0 saturated carbocycles. The van der Waals surface area contributed by atoms with Crippen LogP contribution in [0.3, 0.4) is 0 Å². The Labute approximate surface area is 110 Å². The average molecular weight is 319 g/mol. The molecule has 1 aliphatic rings. The van der Waals surface area contributed by atoms with E-state index in [4.69, 9.17) is 5.73 Å². The van der Waals surface area contributed by atoms with Crippen molar-refractivity contribution in [3.63, 3.8) is 0 Å². The van der Waals surface area contributed by atoms with E-state index in [1.54, 1.807) is 24.3 Å². The van der Waals surface area contributed by atoms with E-state index in [2.05, 4.69) is 15.9 Å². The van der Waals surface area contributed by atoms with Gasteiger partial charge in [0.25, 0.3) is 0 Å². The number of hydrogen-bond donors (Lipinski definition) is 1. The Bertz CT molecular complexity index is 487. The van der Waals surface area contributed by atoms with Crippen LogP contribution in [0.4, 0.5) is 0 Å². The Balaban J connectivity index is 2.26. The number of nitrogens with two attached hydrogens (primary N) is 1. The van der Waals surface area contributed by atoms with Gasteiger partial charge in [0.2, 0.25) is 10.0 Å². The molecule has 1 atom stereocenters. The van der Waals surface area contributed by atoms with Crippen molar-refractivity contribution in [3.8, 4) is 0 Å². The maximum atomic E-state index is 12.3. The molecular formula is C11H15BrN2O2S. The van der Waals surface area contributed by atoms with E-state index >= 15 is 0 Å². The van der Waals surface area contributed by atoms with Crippen molar-refractivity contribution in [3.05, 3.63) is 28.7 Å². The minimum absolute atomic E-state index is 0.0472. The summed E-state index contributed by atoms with van der Waals surface area (Å²) in [5.74, 6) is 0. The van der Waals surface area contributed by atoms with Gasteiger partial charge in [0.15, 0.2) is 0 Å². The number of piperidine rings is 1. The van der Waals surface area contributed by atoms with E-state index < -0.39 is 10.0 Å². The van der Waals surface area contributed by atoms with Crippen LogP contribution in [-0.4, -0.2) is 31.9 Å². The van der Waals surface area contributed by atoms with Gasteiger partial charge in [-0.2, -0.15) is 4.31 Å². The average Bonchev–Trinajstić information content (AvgIpc) is 2.29. The highest BCUT2D eigenvalue weighted by Crippen LogP contribution is 2.21. The van der Waals surface area contributed by atoms with E-state index in [0.717, 1.165) is 17.3 Å². The Morgan fingerprint density at radius 3 is 2.53 bits per heavy atom. The van der Waals surface area contributed by atoms with Crippen LogP contribution in [0.25, 0.3) is 0 Å². The molecule has 0 bridgehead atoms. The van der Waals surface area contributed by atoms with Gasteiger partial charge in [0.1, 0.15) is 0 Å². The topological polar surface area (TPSA) is 63.4 Å². The number of rotatable bonds is 2. The molecule has 0 radical (unpaired) electrons. The van der Waals surface area contributed by atoms with Crippen LogP contribution in [0, 0.1) is 0 Å². The van der Waals surface area contributed by atoms with Gasteiger partial charge in [-0.3, -0.25) is 0 Å². The van der Waals surface area contributed by atoms with E-state index in [1.807, 2.05) is 0 Å². The molecule has 1 aromatic carbocycles. The van der Waals surface area contributed by atoms with Gasteiger partial charge >= 0.3 is 0 Å². The van der Waals surface area contributed by atoms with Gasteiger partial charge in [-0.05, 0) is 37.1 Å². The predicted octanol–water partition coefficient (Wildman–Crippen LogP) is 1.56. The van der Waals surface area contributed by atoms with Gasteiger partial charge in [0.05, 0.1) is 4.90 Å². The first-order valence-electron chi connectivity index (χ1n) is 5.51. The van der Waals surface area contributed by atoms with Crippen molar-refractivity contribution in [2.75, 3.05) is 13.1 Å². The Kier molecular flexibility index (Phi) is 3.87. The molecule has 1 aromatic rings. The van der Waals surface area contributed by atoms with Crippen LogP contribution >= 0.6 is 15.9 Å². The molecule has 17 heavy (non-hydrogen) atoms. The zero-order chi connectivity index (χ0) is 12.5. The van der Waals surface area contributed by atoms with Gasteiger partial charge in [-0.1, -0.05) is 15.9 Å². The predicted molar refractivity (Wildman–Crippen MR) is 70.1 cm³/mol. The van der Waals surface area contributed by atoms with E-state index in [0.29, 0.717) is 18.0 Å². The molecule has 1 saturated heterocycles. The molecule has 0 unspecified atom stereocenters. The lowest BCUT2D eigenvalue weighted by molar-refractivity contribution is 0.316. The monoisotopic (exact) mass is 318 g/mol. The molecule has 1 heterocycles. The zero-order valence-electron chi connectivity index (χ0n) is 9.34. The van der Waals surface area contributed by atoms with Crippen LogP contribution in [0.15, 0.2) is 33.6 Å². The quantitative estimate of drug-likeness (QED) is 0.900. The second-order valence-corrected chi connectivity index (χ2v) is 7.07. The molecule has 0 amide bonds. The normalized spacial score (nSPS) is 22.6. The number of nitrogens with zero attached hydrogens (tertiary/aromatic N) is 1. The third-order valence-electron chi connectivity index (χ3n) is 2.87. The summed E-state index contributed by atoms with van der Waals surface area (Å²) < 4.78 is 26.9. The summed E-state index contributed by atoms with van der Waals surface area (Å²) in [6, 6.07) is 6.64. The third kappa shape index (κ3) is 2.88. The second-order valence-electron chi connectivity index (χ2n) is 4.22. The lowest BCUT2D eigenvalue weighted by Crippen LogP contribution is -2.45. The smallest absolute Gasteiger partial charge is 0.243 e. The lowest BCUT2D eigenvalue weighted by Gasteiger charge is -2.29. The van der Waals surface area contributed by atoms with Crippen LogP contribution in [-0.2, 0) is 10.0 Å². The molecule has 1 aliphatic heterocycles. The minimum Gasteiger partial charge on any atom is -0.327 e. The first-order valence-corrected chi connectivity index (χ1v) is 7.75. The Hall–Kier alpha value is -0.430. The van der Waals surface area contributed by atoms with Crippen LogP contribution in [0.1, 0.15) is 12.8 Å². The second kappa shape index (κ2) is 5.06. The minimum atomic E-state index is -3.38. The summed E-state index contributed by atoms with van der Waals surface area (Å²) in [5, 5.41) is 0. The summed E-state index contributed by atoms with van der Waals surface area (Å²) >= 11 is 3.29. The van der Waals surface area contributed by atoms with Gasteiger partial charge in [0, 0.05) is 23.6 Å². The lowest BCUT2D eigenvalue weighted by atomic mass is 10.1. The van der Waals surface area contributed by atoms with E-state index in [1.165, 1.54) is 4.31 Å². The largest absolute Gasteiger partial charge is 0.327 e. The highest BCUT2D eigenvalue weighted by Gasteiger charge is 2.28. The number of halogens is 1. The SMILES string of the molecule is N[C@@H]1CCCN(S(=O)(=O)c2ccc(Br)cc2)C1. The highest BCUT2D eigenvalue weighted by atomic mass is 79.9. The summed E-state index contributed by atoms with van der Waals surface area (Å²) in [7, 11) is -3.38. The maximum absolute atomic E-state index is 12.3. The van der Waals surface area contributed by atoms with Crippen molar-refractivity contribution in [1.29, 1.82) is 0 Å². The van der Waals surface area contributed by atoms with Gasteiger partial charge in [-0.25, -0.2) is 8.42 Å². The summed E-state index contributed by atoms with van der Waals surface area (Å²) in [4.78, 5) is 0.329. The molecule has 0 spiro atoms. The molecule has 4 nitrogen and oxygen atoms in total. The molecule has 1 fully saturated rings. The van der Waals surface area contributed by atoms with Crippen LogP contribution in [0.2, 0.25) is 0 Å². The van der Waals surface area contributed by atoms with Crippen LogP contribution < -0.4 is 5.73 Å². The molecule has 2 N–H and O–H groups in total. The zero-order valence-corrected chi connectivity index (χ0v) is 11.7. The number of hydrogen-bond acceptors (Lipinski definition) is 3. The number of sulfonamides is 1. The van der Waals surface area contributed by atoms with Gasteiger partial charge in [-0.15, -0.1) is 0 Å².